The van der Waals surface area contributed by atoms with E-state index in [4.69, 9.17) is 16.0 Å². The van der Waals surface area contributed by atoms with E-state index in [9.17, 15) is 9.90 Å². The van der Waals surface area contributed by atoms with Crippen LogP contribution in [0.5, 0.6) is 0 Å². The summed E-state index contributed by atoms with van der Waals surface area (Å²) in [7, 11) is 0. The summed E-state index contributed by atoms with van der Waals surface area (Å²) in [6.45, 7) is 0. The largest absolute Gasteiger partial charge is 0.444 e. The van der Waals surface area contributed by atoms with E-state index in [1.54, 1.807) is 48.5 Å². The fourth-order valence-electron chi connectivity index (χ4n) is 2.20. The molecular formula is C18H13BrClNO3. The number of aliphatic hydroxyl groups excluding tert-OH is 1. The Morgan fingerprint density at radius 1 is 1.17 bits per heavy atom. The van der Waals surface area contributed by atoms with Crippen LogP contribution in [0.1, 0.15) is 28.6 Å². The average Bonchev–Trinajstić information content (AvgIpc) is 3.06. The predicted molar refractivity (Wildman–Crippen MR) is 95.0 cm³/mol. The molecule has 1 heterocycles. The lowest BCUT2D eigenvalue weighted by molar-refractivity contribution is 0.0874. The SMILES string of the molecule is O=C(CC(O)c1coc(-c2ccc(Cl)cc2)n1)c1ccc(Br)cc1. The molecule has 0 saturated carbocycles. The molecule has 3 rings (SSSR count). The van der Waals surface area contributed by atoms with Crippen LogP contribution >= 0.6 is 27.5 Å². The Kier molecular flexibility index (Phi) is 5.14. The van der Waals surface area contributed by atoms with Gasteiger partial charge in [-0.05, 0) is 36.4 Å². The smallest absolute Gasteiger partial charge is 0.226 e. The van der Waals surface area contributed by atoms with E-state index in [-0.39, 0.29) is 12.2 Å². The molecule has 0 amide bonds. The number of nitrogens with zero attached hydrogens (tertiary/aromatic N) is 1. The van der Waals surface area contributed by atoms with Crippen LogP contribution in [0.15, 0.2) is 63.7 Å². The topological polar surface area (TPSA) is 63.3 Å². The molecule has 0 aliphatic rings. The summed E-state index contributed by atoms with van der Waals surface area (Å²) in [6, 6.07) is 14.0. The van der Waals surface area contributed by atoms with E-state index in [1.165, 1.54) is 6.26 Å². The van der Waals surface area contributed by atoms with Crippen LogP contribution in [0.2, 0.25) is 5.02 Å². The van der Waals surface area contributed by atoms with Gasteiger partial charge in [-0.1, -0.05) is 39.7 Å². The summed E-state index contributed by atoms with van der Waals surface area (Å²) >= 11 is 9.17. The number of aliphatic hydroxyl groups is 1. The lowest BCUT2D eigenvalue weighted by atomic mass is 10.0. The van der Waals surface area contributed by atoms with Crippen molar-refractivity contribution in [2.45, 2.75) is 12.5 Å². The van der Waals surface area contributed by atoms with Crippen molar-refractivity contribution in [2.75, 3.05) is 0 Å². The van der Waals surface area contributed by atoms with Crippen molar-refractivity contribution >= 4 is 33.3 Å². The van der Waals surface area contributed by atoms with Crippen molar-refractivity contribution < 1.29 is 14.3 Å². The first-order valence-electron chi connectivity index (χ1n) is 7.21. The maximum Gasteiger partial charge on any atom is 0.226 e. The highest BCUT2D eigenvalue weighted by atomic mass is 79.9. The molecule has 3 aromatic rings. The first-order valence-corrected chi connectivity index (χ1v) is 8.38. The van der Waals surface area contributed by atoms with Gasteiger partial charge < -0.3 is 9.52 Å². The third-order valence-electron chi connectivity index (χ3n) is 3.50. The summed E-state index contributed by atoms with van der Waals surface area (Å²) in [6.07, 6.45) is 0.281. The second-order valence-corrected chi connectivity index (χ2v) is 6.59. The Bertz CT molecular complexity index is 843. The number of Topliss-reactive ketones (excluding diaryl/α,β-unsaturated/α-hetero) is 1. The molecule has 24 heavy (non-hydrogen) atoms. The highest BCUT2D eigenvalue weighted by Gasteiger charge is 2.19. The summed E-state index contributed by atoms with van der Waals surface area (Å²) < 4.78 is 6.28. The fourth-order valence-corrected chi connectivity index (χ4v) is 2.59. The van der Waals surface area contributed by atoms with Gasteiger partial charge in [-0.3, -0.25) is 4.79 Å². The van der Waals surface area contributed by atoms with Gasteiger partial charge in [0, 0.05) is 27.0 Å². The molecule has 1 N–H and O–H groups in total. The maximum absolute atomic E-state index is 12.2. The summed E-state index contributed by atoms with van der Waals surface area (Å²) in [5.41, 5.74) is 1.61. The highest BCUT2D eigenvalue weighted by Crippen LogP contribution is 2.25. The first-order chi connectivity index (χ1) is 11.5. The molecule has 0 radical (unpaired) electrons. The zero-order valence-electron chi connectivity index (χ0n) is 12.4. The number of hydrogen-bond acceptors (Lipinski definition) is 4. The number of oxazole rings is 1. The number of benzene rings is 2. The Balaban J connectivity index is 1.71. The second-order valence-electron chi connectivity index (χ2n) is 5.23. The Morgan fingerprint density at radius 3 is 2.50 bits per heavy atom. The minimum atomic E-state index is -1.02. The monoisotopic (exact) mass is 405 g/mol. The van der Waals surface area contributed by atoms with E-state index in [2.05, 4.69) is 20.9 Å². The van der Waals surface area contributed by atoms with Crippen LogP contribution < -0.4 is 0 Å². The van der Waals surface area contributed by atoms with Crippen LogP contribution in [0, 0.1) is 0 Å². The number of carbonyl (C=O) groups is 1. The minimum Gasteiger partial charge on any atom is -0.444 e. The third kappa shape index (κ3) is 3.93. The van der Waals surface area contributed by atoms with Gasteiger partial charge in [0.15, 0.2) is 5.78 Å². The summed E-state index contributed by atoms with van der Waals surface area (Å²) in [4.78, 5) is 16.5. The molecule has 1 aromatic heterocycles. The third-order valence-corrected chi connectivity index (χ3v) is 4.28. The predicted octanol–water partition coefficient (Wildman–Crippen LogP) is 5.06. The number of halogens is 2. The molecule has 6 heteroatoms. The summed E-state index contributed by atoms with van der Waals surface area (Å²) in [5, 5.41) is 10.9. The second kappa shape index (κ2) is 7.30. The number of aromatic nitrogens is 1. The summed E-state index contributed by atoms with van der Waals surface area (Å²) in [5.74, 6) is 0.211. The quantitative estimate of drug-likeness (QED) is 0.601. The van der Waals surface area contributed by atoms with E-state index in [0.717, 1.165) is 10.0 Å². The van der Waals surface area contributed by atoms with Crippen molar-refractivity contribution in [3.05, 3.63) is 75.5 Å². The molecule has 4 nitrogen and oxygen atoms in total. The van der Waals surface area contributed by atoms with Crippen LogP contribution in [-0.2, 0) is 0 Å². The molecule has 0 aliphatic carbocycles. The molecule has 1 unspecified atom stereocenters. The number of carbonyl (C=O) groups excluding carboxylic acids is 1. The Labute approximate surface area is 152 Å². The van der Waals surface area contributed by atoms with Gasteiger partial charge in [0.25, 0.3) is 0 Å². The Morgan fingerprint density at radius 2 is 1.83 bits per heavy atom. The van der Waals surface area contributed by atoms with Gasteiger partial charge in [0.1, 0.15) is 18.1 Å². The molecule has 0 spiro atoms. The first kappa shape index (κ1) is 16.9. The minimum absolute atomic E-state index is 0.0613. The number of ketones is 1. The van der Waals surface area contributed by atoms with Crippen LogP contribution in [0.3, 0.4) is 0 Å². The molecule has 122 valence electrons. The normalized spacial score (nSPS) is 12.1. The molecule has 1 atom stereocenters. The van der Waals surface area contributed by atoms with Crippen molar-refractivity contribution in [3.8, 4) is 11.5 Å². The molecule has 0 bridgehead atoms. The molecule has 0 fully saturated rings. The van der Waals surface area contributed by atoms with Gasteiger partial charge in [-0.2, -0.15) is 0 Å². The lowest BCUT2D eigenvalue weighted by Gasteiger charge is -2.06. The highest BCUT2D eigenvalue weighted by molar-refractivity contribution is 9.10. The van der Waals surface area contributed by atoms with Gasteiger partial charge in [0.2, 0.25) is 5.89 Å². The fraction of sp³-hybridized carbons (Fsp3) is 0.111. The van der Waals surface area contributed by atoms with E-state index < -0.39 is 6.10 Å². The number of hydrogen-bond donors (Lipinski definition) is 1. The molecular weight excluding hydrogens is 394 g/mol. The van der Waals surface area contributed by atoms with Crippen LogP contribution in [-0.4, -0.2) is 15.9 Å². The molecule has 0 saturated heterocycles. The van der Waals surface area contributed by atoms with Gasteiger partial charge in [-0.15, -0.1) is 0 Å². The van der Waals surface area contributed by atoms with Gasteiger partial charge in [-0.25, -0.2) is 4.98 Å². The Hall–Kier alpha value is -1.95. The van der Waals surface area contributed by atoms with Crippen molar-refractivity contribution in [3.63, 3.8) is 0 Å². The van der Waals surface area contributed by atoms with E-state index >= 15 is 0 Å². The molecule has 0 aliphatic heterocycles. The zero-order valence-corrected chi connectivity index (χ0v) is 14.8. The van der Waals surface area contributed by atoms with E-state index in [0.29, 0.717) is 22.2 Å². The van der Waals surface area contributed by atoms with Crippen molar-refractivity contribution in [1.29, 1.82) is 0 Å². The lowest BCUT2D eigenvalue weighted by Crippen LogP contribution is -2.07. The maximum atomic E-state index is 12.2. The van der Waals surface area contributed by atoms with Crippen molar-refractivity contribution in [2.24, 2.45) is 0 Å². The molecule has 2 aromatic carbocycles. The van der Waals surface area contributed by atoms with Crippen LogP contribution in [0.25, 0.3) is 11.5 Å². The number of rotatable bonds is 5. The standard InChI is InChI=1S/C18H13BrClNO3/c19-13-5-1-11(2-6-13)16(22)9-17(23)15-10-24-18(21-15)12-3-7-14(20)8-4-12/h1-8,10,17,23H,9H2. The zero-order chi connectivity index (χ0) is 17.1. The van der Waals surface area contributed by atoms with Crippen LogP contribution in [0.4, 0.5) is 0 Å². The average molecular weight is 407 g/mol. The van der Waals surface area contributed by atoms with Gasteiger partial charge in [0.05, 0.1) is 0 Å². The van der Waals surface area contributed by atoms with Crippen molar-refractivity contribution in [1.82, 2.24) is 4.98 Å². The van der Waals surface area contributed by atoms with E-state index in [1.807, 2.05) is 0 Å². The van der Waals surface area contributed by atoms with Gasteiger partial charge >= 0.3 is 0 Å².